The molecule has 128 valence electrons. The van der Waals surface area contributed by atoms with Crippen molar-refractivity contribution in [2.45, 2.75) is 0 Å². The first-order valence-electron chi connectivity index (χ1n) is 8.01. The molecule has 0 bridgehead atoms. The molecule has 1 aromatic heterocycles. The quantitative estimate of drug-likeness (QED) is 0.416. The van der Waals surface area contributed by atoms with Crippen molar-refractivity contribution in [3.8, 4) is 0 Å². The van der Waals surface area contributed by atoms with Crippen LogP contribution < -0.4 is 15.5 Å². The van der Waals surface area contributed by atoms with Gasteiger partial charge in [-0.2, -0.15) is 11.8 Å². The molecule has 0 unspecified atom stereocenters. The Hall–Kier alpha value is -1.54. The minimum Gasteiger partial charge on any atom is -0.356 e. The molecule has 1 saturated heterocycles. The topological polar surface area (TPSA) is 68.7 Å². The third-order valence-electron chi connectivity index (χ3n) is 3.75. The zero-order valence-corrected chi connectivity index (χ0v) is 14.8. The lowest BCUT2D eigenvalue weighted by Crippen LogP contribution is -2.49. The zero-order valence-electron chi connectivity index (χ0n) is 14.0. The second kappa shape index (κ2) is 10.3. The minimum atomic E-state index is 0.837. The van der Waals surface area contributed by atoms with E-state index in [0.717, 1.165) is 63.5 Å². The summed E-state index contributed by atoms with van der Waals surface area (Å²) in [7, 11) is 1.81. The first kappa shape index (κ1) is 17.8. The molecule has 8 heteroatoms. The van der Waals surface area contributed by atoms with Crippen LogP contribution in [0.1, 0.15) is 0 Å². The highest BCUT2D eigenvalue weighted by molar-refractivity contribution is 7.98. The average molecular weight is 337 g/mol. The van der Waals surface area contributed by atoms with Gasteiger partial charge in [-0.25, -0.2) is 9.97 Å². The van der Waals surface area contributed by atoms with E-state index in [1.165, 1.54) is 0 Å². The first-order chi connectivity index (χ1) is 11.3. The fourth-order valence-corrected chi connectivity index (χ4v) is 2.76. The summed E-state index contributed by atoms with van der Waals surface area (Å²) in [6.07, 6.45) is 5.71. The SMILES string of the molecule is CN=C(NCCSC)NCCN1CCN(c2ncccn2)CC1. The van der Waals surface area contributed by atoms with Crippen LogP contribution in [0, 0.1) is 0 Å². The summed E-state index contributed by atoms with van der Waals surface area (Å²) in [5.74, 6) is 2.81. The van der Waals surface area contributed by atoms with E-state index in [4.69, 9.17) is 0 Å². The molecule has 0 amide bonds. The van der Waals surface area contributed by atoms with Crippen LogP contribution in [-0.2, 0) is 0 Å². The van der Waals surface area contributed by atoms with Gasteiger partial charge in [-0.3, -0.25) is 9.89 Å². The number of nitrogens with one attached hydrogen (secondary N) is 2. The van der Waals surface area contributed by atoms with Crippen LogP contribution >= 0.6 is 11.8 Å². The van der Waals surface area contributed by atoms with Gasteiger partial charge in [0, 0.05) is 71.0 Å². The molecule has 23 heavy (non-hydrogen) atoms. The van der Waals surface area contributed by atoms with E-state index in [9.17, 15) is 0 Å². The molecule has 7 nitrogen and oxygen atoms in total. The Bertz CT molecular complexity index is 460. The second-order valence-electron chi connectivity index (χ2n) is 5.30. The predicted molar refractivity (Wildman–Crippen MR) is 98.4 cm³/mol. The van der Waals surface area contributed by atoms with Crippen molar-refractivity contribution in [2.24, 2.45) is 4.99 Å². The van der Waals surface area contributed by atoms with Crippen molar-refractivity contribution in [3.05, 3.63) is 18.5 Å². The molecule has 2 heterocycles. The van der Waals surface area contributed by atoms with E-state index in [-0.39, 0.29) is 0 Å². The number of thioether (sulfide) groups is 1. The van der Waals surface area contributed by atoms with Crippen LogP contribution in [0.4, 0.5) is 5.95 Å². The van der Waals surface area contributed by atoms with E-state index in [1.54, 1.807) is 12.4 Å². The number of hydrogen-bond donors (Lipinski definition) is 2. The molecule has 0 aliphatic carbocycles. The Morgan fingerprint density at radius 2 is 1.87 bits per heavy atom. The fraction of sp³-hybridized carbons (Fsp3) is 0.667. The van der Waals surface area contributed by atoms with Crippen molar-refractivity contribution in [3.63, 3.8) is 0 Å². The number of hydrogen-bond acceptors (Lipinski definition) is 6. The summed E-state index contributed by atoms with van der Waals surface area (Å²) >= 11 is 1.83. The summed E-state index contributed by atoms with van der Waals surface area (Å²) in [6, 6.07) is 1.85. The summed E-state index contributed by atoms with van der Waals surface area (Å²) in [6.45, 7) is 6.90. The molecular weight excluding hydrogens is 310 g/mol. The molecule has 0 aromatic carbocycles. The molecule has 2 N–H and O–H groups in total. The number of nitrogens with zero attached hydrogens (tertiary/aromatic N) is 5. The van der Waals surface area contributed by atoms with Crippen LogP contribution in [0.25, 0.3) is 0 Å². The molecule has 1 aliphatic rings. The van der Waals surface area contributed by atoms with Gasteiger partial charge in [0.1, 0.15) is 0 Å². The van der Waals surface area contributed by atoms with E-state index in [0.29, 0.717) is 0 Å². The molecule has 1 aromatic rings. The Balaban J connectivity index is 1.63. The van der Waals surface area contributed by atoms with Gasteiger partial charge in [0.15, 0.2) is 5.96 Å². The van der Waals surface area contributed by atoms with E-state index in [1.807, 2.05) is 24.9 Å². The van der Waals surface area contributed by atoms with Crippen LogP contribution in [-0.4, -0.2) is 85.7 Å². The first-order valence-corrected chi connectivity index (χ1v) is 9.40. The van der Waals surface area contributed by atoms with Gasteiger partial charge in [0.25, 0.3) is 0 Å². The van der Waals surface area contributed by atoms with Crippen molar-refractivity contribution < 1.29 is 0 Å². The van der Waals surface area contributed by atoms with Gasteiger partial charge in [0.05, 0.1) is 0 Å². The summed E-state index contributed by atoms with van der Waals surface area (Å²) in [5.41, 5.74) is 0. The largest absolute Gasteiger partial charge is 0.356 e. The van der Waals surface area contributed by atoms with Gasteiger partial charge >= 0.3 is 0 Å². The van der Waals surface area contributed by atoms with Gasteiger partial charge in [-0.15, -0.1) is 0 Å². The highest BCUT2D eigenvalue weighted by atomic mass is 32.2. The summed E-state index contributed by atoms with van der Waals surface area (Å²) in [4.78, 5) is 17.6. The lowest BCUT2D eigenvalue weighted by molar-refractivity contribution is 0.260. The third-order valence-corrected chi connectivity index (χ3v) is 4.36. The highest BCUT2D eigenvalue weighted by Gasteiger charge is 2.18. The maximum atomic E-state index is 4.32. The highest BCUT2D eigenvalue weighted by Crippen LogP contribution is 2.08. The van der Waals surface area contributed by atoms with E-state index >= 15 is 0 Å². The molecule has 0 radical (unpaired) electrons. The molecule has 0 atom stereocenters. The predicted octanol–water partition coefficient (Wildman–Crippen LogP) is 0.127. The smallest absolute Gasteiger partial charge is 0.225 e. The number of anilines is 1. The zero-order chi connectivity index (χ0) is 16.3. The molecule has 0 saturated carbocycles. The maximum absolute atomic E-state index is 4.32. The number of guanidine groups is 1. The molecule has 1 aliphatic heterocycles. The lowest BCUT2D eigenvalue weighted by atomic mass is 10.3. The number of rotatable bonds is 7. The van der Waals surface area contributed by atoms with Crippen molar-refractivity contribution in [2.75, 3.05) is 69.8 Å². The van der Waals surface area contributed by atoms with Crippen LogP contribution in [0.2, 0.25) is 0 Å². The number of aromatic nitrogens is 2. The number of aliphatic imine (C=N–C) groups is 1. The molecule has 2 rings (SSSR count). The second-order valence-corrected chi connectivity index (χ2v) is 6.28. The van der Waals surface area contributed by atoms with Crippen LogP contribution in [0.3, 0.4) is 0 Å². The van der Waals surface area contributed by atoms with Crippen molar-refractivity contribution in [1.82, 2.24) is 25.5 Å². The van der Waals surface area contributed by atoms with Gasteiger partial charge < -0.3 is 15.5 Å². The third kappa shape index (κ3) is 6.23. The molecule has 1 fully saturated rings. The fourth-order valence-electron chi connectivity index (χ4n) is 2.45. The molecule has 0 spiro atoms. The van der Waals surface area contributed by atoms with Gasteiger partial charge in [0.2, 0.25) is 5.95 Å². The normalized spacial score (nSPS) is 16.4. The summed E-state index contributed by atoms with van der Waals surface area (Å²) < 4.78 is 0. The minimum absolute atomic E-state index is 0.837. The standard InChI is InChI=1S/C15H27N7S/c1-16-14(18-7-13-23-2)17-6-8-21-9-11-22(12-10-21)15-19-4-3-5-20-15/h3-5H,6-13H2,1-2H3,(H2,16,17,18). The monoisotopic (exact) mass is 337 g/mol. The Labute approximate surface area is 143 Å². The Morgan fingerprint density at radius 3 is 2.52 bits per heavy atom. The van der Waals surface area contributed by atoms with Crippen molar-refractivity contribution in [1.29, 1.82) is 0 Å². The van der Waals surface area contributed by atoms with E-state index in [2.05, 4.69) is 41.6 Å². The average Bonchev–Trinajstić information content (AvgIpc) is 2.62. The molecular formula is C15H27N7S. The maximum Gasteiger partial charge on any atom is 0.225 e. The van der Waals surface area contributed by atoms with Gasteiger partial charge in [-0.1, -0.05) is 0 Å². The van der Waals surface area contributed by atoms with Crippen LogP contribution in [0.5, 0.6) is 0 Å². The number of piperazine rings is 1. The van der Waals surface area contributed by atoms with Gasteiger partial charge in [-0.05, 0) is 12.3 Å². The van der Waals surface area contributed by atoms with E-state index < -0.39 is 0 Å². The Kier molecular flexibility index (Phi) is 7.96. The lowest BCUT2D eigenvalue weighted by Gasteiger charge is -2.34. The van der Waals surface area contributed by atoms with Crippen LogP contribution in [0.15, 0.2) is 23.5 Å². The Morgan fingerprint density at radius 1 is 1.17 bits per heavy atom. The summed E-state index contributed by atoms with van der Waals surface area (Å²) in [5, 5.41) is 6.68. The van der Waals surface area contributed by atoms with Crippen molar-refractivity contribution >= 4 is 23.7 Å².